The number of aryl methyl sites for hydroxylation is 1. The van der Waals surface area contributed by atoms with Crippen LogP contribution in [0.1, 0.15) is 38.7 Å². The maximum absolute atomic E-state index is 12.6. The number of hydrogen-bond donors (Lipinski definition) is 1. The fourth-order valence-electron chi connectivity index (χ4n) is 3.55. The summed E-state index contributed by atoms with van der Waals surface area (Å²) in [7, 11) is -3.42. The Balaban J connectivity index is 1.37. The monoisotopic (exact) mass is 450 g/mol. The van der Waals surface area contributed by atoms with Crippen LogP contribution in [0.3, 0.4) is 0 Å². The van der Waals surface area contributed by atoms with Crippen LogP contribution in [0.5, 0.6) is 5.75 Å². The fourth-order valence-corrected chi connectivity index (χ4v) is 6.17. The van der Waals surface area contributed by atoms with Gasteiger partial charge in [0.15, 0.2) is 0 Å². The van der Waals surface area contributed by atoms with Crippen molar-refractivity contribution < 1.29 is 17.9 Å². The van der Waals surface area contributed by atoms with Crippen LogP contribution in [-0.4, -0.2) is 44.4 Å². The molecule has 0 radical (unpaired) electrons. The lowest BCUT2D eigenvalue weighted by molar-refractivity contribution is -0.126. The van der Waals surface area contributed by atoms with E-state index in [9.17, 15) is 13.2 Å². The van der Waals surface area contributed by atoms with Crippen molar-refractivity contribution in [2.24, 2.45) is 5.92 Å². The third-order valence-corrected chi connectivity index (χ3v) is 8.42. The predicted octanol–water partition coefficient (Wildman–Crippen LogP) is 3.69. The van der Waals surface area contributed by atoms with E-state index in [0.717, 1.165) is 18.6 Å². The van der Waals surface area contributed by atoms with E-state index in [1.165, 1.54) is 21.2 Å². The summed E-state index contributed by atoms with van der Waals surface area (Å²) in [6.45, 7) is 5.41. The summed E-state index contributed by atoms with van der Waals surface area (Å²) in [5.74, 6) is 0.783. The van der Waals surface area contributed by atoms with E-state index >= 15 is 0 Å². The normalized spacial score (nSPS) is 16.0. The third-order valence-electron chi connectivity index (χ3n) is 5.15. The second-order valence-electron chi connectivity index (χ2n) is 7.82. The van der Waals surface area contributed by atoms with Crippen molar-refractivity contribution in [3.8, 4) is 5.75 Å². The average molecular weight is 451 g/mol. The quantitative estimate of drug-likeness (QED) is 0.591. The Morgan fingerprint density at radius 1 is 1.20 bits per heavy atom. The number of rotatable bonds is 9. The number of carbonyl (C=O) groups excluding carboxylic acids is 1. The Labute approximate surface area is 183 Å². The minimum absolute atomic E-state index is 0.0313. The third kappa shape index (κ3) is 6.06. The first-order valence-corrected chi connectivity index (χ1v) is 12.7. The van der Waals surface area contributed by atoms with Crippen LogP contribution in [0.2, 0.25) is 0 Å². The number of ether oxygens (including phenoxy) is 1. The Bertz CT molecular complexity index is 901. The van der Waals surface area contributed by atoms with E-state index < -0.39 is 10.0 Å². The van der Waals surface area contributed by atoms with Crippen molar-refractivity contribution in [1.82, 2.24) is 9.62 Å². The number of carbonyl (C=O) groups is 1. The van der Waals surface area contributed by atoms with E-state index in [-0.39, 0.29) is 17.9 Å². The number of nitrogens with one attached hydrogen (secondary N) is 1. The first kappa shape index (κ1) is 22.8. The highest BCUT2D eigenvalue weighted by molar-refractivity contribution is 7.91. The van der Waals surface area contributed by atoms with Crippen molar-refractivity contribution >= 4 is 27.3 Å². The summed E-state index contributed by atoms with van der Waals surface area (Å²) in [5, 5.41) is 4.78. The van der Waals surface area contributed by atoms with Crippen LogP contribution in [0.15, 0.2) is 46.0 Å². The molecule has 1 aliphatic heterocycles. The molecule has 1 fully saturated rings. The fraction of sp³-hybridized carbons (Fsp3) is 0.500. The van der Waals surface area contributed by atoms with Crippen LogP contribution in [0.25, 0.3) is 0 Å². The minimum Gasteiger partial charge on any atom is -0.491 e. The molecule has 0 unspecified atom stereocenters. The minimum atomic E-state index is -3.42. The zero-order chi connectivity index (χ0) is 21.6. The van der Waals surface area contributed by atoms with Gasteiger partial charge < -0.3 is 10.1 Å². The highest BCUT2D eigenvalue weighted by Gasteiger charge is 2.32. The molecule has 2 aromatic rings. The summed E-state index contributed by atoms with van der Waals surface area (Å²) >= 11 is 1.23. The molecular formula is C22H30N2O4S2. The molecule has 0 spiro atoms. The number of amides is 1. The molecule has 3 rings (SSSR count). The van der Waals surface area contributed by atoms with Gasteiger partial charge in [-0.2, -0.15) is 4.31 Å². The van der Waals surface area contributed by atoms with E-state index in [4.69, 9.17) is 4.74 Å². The molecule has 1 amide bonds. The highest BCUT2D eigenvalue weighted by Crippen LogP contribution is 2.26. The van der Waals surface area contributed by atoms with Crippen LogP contribution in [0.4, 0.5) is 0 Å². The first-order chi connectivity index (χ1) is 14.4. The molecule has 164 valence electrons. The lowest BCUT2D eigenvalue weighted by atomic mass is 9.97. The summed E-state index contributed by atoms with van der Waals surface area (Å²) in [6.07, 6.45) is 3.04. The zero-order valence-electron chi connectivity index (χ0n) is 17.5. The Morgan fingerprint density at radius 3 is 2.50 bits per heavy atom. The van der Waals surface area contributed by atoms with Gasteiger partial charge in [-0.05, 0) is 68.7 Å². The topological polar surface area (TPSA) is 75.7 Å². The molecule has 6 nitrogen and oxygen atoms in total. The smallest absolute Gasteiger partial charge is 0.252 e. The molecule has 1 saturated heterocycles. The summed E-state index contributed by atoms with van der Waals surface area (Å²) in [6, 6.07) is 11.4. The first-order valence-electron chi connectivity index (χ1n) is 10.4. The SMILES string of the molecule is CC(C)Oc1ccc(CCCNC(=O)C2CCN(S(=O)(=O)c3cccs3)CC2)cc1. The largest absolute Gasteiger partial charge is 0.491 e. The van der Waals surface area contributed by atoms with Gasteiger partial charge in [-0.1, -0.05) is 18.2 Å². The van der Waals surface area contributed by atoms with Crippen LogP contribution in [0, 0.1) is 5.92 Å². The maximum Gasteiger partial charge on any atom is 0.252 e. The van der Waals surface area contributed by atoms with Gasteiger partial charge in [-0.3, -0.25) is 4.79 Å². The van der Waals surface area contributed by atoms with E-state index in [2.05, 4.69) is 17.4 Å². The Hall–Kier alpha value is -1.90. The van der Waals surface area contributed by atoms with E-state index in [0.29, 0.717) is 36.7 Å². The summed E-state index contributed by atoms with van der Waals surface area (Å²) in [5.41, 5.74) is 1.22. The molecule has 0 saturated carbocycles. The van der Waals surface area contributed by atoms with Crippen LogP contribution >= 0.6 is 11.3 Å². The Kier molecular flexibility index (Phi) is 7.91. The standard InChI is InChI=1S/C22H30N2O4S2/c1-17(2)28-20-9-7-18(8-10-20)5-3-13-23-22(25)19-11-14-24(15-12-19)30(26,27)21-6-4-16-29-21/h4,6-10,16-17,19H,3,5,11-15H2,1-2H3,(H,23,25). The lowest BCUT2D eigenvalue weighted by Crippen LogP contribution is -2.43. The number of thiophene rings is 1. The van der Waals surface area contributed by atoms with E-state index in [1.54, 1.807) is 17.5 Å². The second kappa shape index (κ2) is 10.4. The number of hydrogen-bond acceptors (Lipinski definition) is 5. The average Bonchev–Trinajstić information content (AvgIpc) is 3.28. The highest BCUT2D eigenvalue weighted by atomic mass is 32.2. The van der Waals surface area contributed by atoms with Crippen molar-refractivity contribution in [3.63, 3.8) is 0 Å². The molecule has 1 aliphatic rings. The number of sulfonamides is 1. The lowest BCUT2D eigenvalue weighted by Gasteiger charge is -2.30. The predicted molar refractivity (Wildman–Crippen MR) is 119 cm³/mol. The van der Waals surface area contributed by atoms with Gasteiger partial charge in [0, 0.05) is 25.6 Å². The molecule has 1 N–H and O–H groups in total. The molecule has 0 atom stereocenters. The van der Waals surface area contributed by atoms with Gasteiger partial charge in [-0.25, -0.2) is 8.42 Å². The molecule has 1 aromatic carbocycles. The molecule has 30 heavy (non-hydrogen) atoms. The van der Waals surface area contributed by atoms with Gasteiger partial charge >= 0.3 is 0 Å². The maximum atomic E-state index is 12.6. The molecule has 0 aliphatic carbocycles. The number of piperidine rings is 1. The van der Waals surface area contributed by atoms with Crippen molar-refractivity contribution in [2.45, 2.75) is 49.8 Å². The summed E-state index contributed by atoms with van der Waals surface area (Å²) < 4.78 is 32.7. The van der Waals surface area contributed by atoms with Gasteiger partial charge in [0.05, 0.1) is 6.10 Å². The molecule has 1 aromatic heterocycles. The number of nitrogens with zero attached hydrogens (tertiary/aromatic N) is 1. The van der Waals surface area contributed by atoms with Crippen LogP contribution in [-0.2, 0) is 21.2 Å². The molecule has 0 bridgehead atoms. The van der Waals surface area contributed by atoms with Crippen LogP contribution < -0.4 is 10.1 Å². The zero-order valence-corrected chi connectivity index (χ0v) is 19.2. The van der Waals surface area contributed by atoms with Crippen molar-refractivity contribution in [3.05, 3.63) is 47.3 Å². The van der Waals surface area contributed by atoms with Crippen molar-refractivity contribution in [1.29, 1.82) is 0 Å². The molecule has 8 heteroatoms. The van der Waals surface area contributed by atoms with E-state index in [1.807, 2.05) is 26.0 Å². The van der Waals surface area contributed by atoms with Gasteiger partial charge in [-0.15, -0.1) is 11.3 Å². The molecular weight excluding hydrogens is 420 g/mol. The van der Waals surface area contributed by atoms with Crippen molar-refractivity contribution in [2.75, 3.05) is 19.6 Å². The van der Waals surface area contributed by atoms with Gasteiger partial charge in [0.25, 0.3) is 10.0 Å². The molecule has 2 heterocycles. The number of benzene rings is 1. The van der Waals surface area contributed by atoms with Gasteiger partial charge in [0.2, 0.25) is 5.91 Å². The summed E-state index contributed by atoms with van der Waals surface area (Å²) in [4.78, 5) is 12.4. The Morgan fingerprint density at radius 2 is 1.90 bits per heavy atom. The van der Waals surface area contributed by atoms with Gasteiger partial charge in [0.1, 0.15) is 9.96 Å². The second-order valence-corrected chi connectivity index (χ2v) is 10.9.